The largest absolute Gasteiger partial charge is 0.352 e. The third kappa shape index (κ3) is 3.62. The summed E-state index contributed by atoms with van der Waals surface area (Å²) in [5.41, 5.74) is 0. The molecule has 1 aliphatic rings. The van der Waals surface area contributed by atoms with Gasteiger partial charge in [0, 0.05) is 0 Å². The molecule has 5 heteroatoms. The molecule has 1 heterocycles. The molecule has 11 heavy (non-hydrogen) atoms. The lowest BCUT2D eigenvalue weighted by atomic mass is 10.6. The van der Waals surface area contributed by atoms with Crippen molar-refractivity contribution in [1.29, 1.82) is 0 Å². The first-order valence-corrected chi connectivity index (χ1v) is 4.64. The second-order valence-corrected chi connectivity index (χ2v) is 2.93. The summed E-state index contributed by atoms with van der Waals surface area (Å²) in [5, 5.41) is 4.27. The van der Waals surface area contributed by atoms with Gasteiger partial charge in [-0.2, -0.15) is 0 Å². The van der Waals surface area contributed by atoms with Crippen LogP contribution in [0.1, 0.15) is 6.92 Å². The average Bonchev–Trinajstić information content (AvgIpc) is 2.05. The molecule has 3 nitrogen and oxygen atoms in total. The lowest BCUT2D eigenvalue weighted by molar-refractivity contribution is 0.281. The maximum Gasteiger partial charge on any atom is 0.158 e. The molecule has 0 aliphatic carbocycles. The van der Waals surface area contributed by atoms with Gasteiger partial charge in [0.15, 0.2) is 5.17 Å². The summed E-state index contributed by atoms with van der Waals surface area (Å²) in [6, 6.07) is 0. The van der Waals surface area contributed by atoms with E-state index in [0.717, 1.165) is 25.0 Å². The molecule has 0 spiro atoms. The van der Waals surface area contributed by atoms with E-state index >= 15 is 0 Å². The maximum absolute atomic E-state index is 4.29. The highest BCUT2D eigenvalue weighted by atomic mass is 127. The summed E-state index contributed by atoms with van der Waals surface area (Å²) in [7, 11) is 0. The highest BCUT2D eigenvalue weighted by Crippen LogP contribution is 2.00. The van der Waals surface area contributed by atoms with Crippen LogP contribution in [0, 0.1) is 0 Å². The first kappa shape index (κ1) is 11.5. The Morgan fingerprint density at radius 3 is 2.82 bits per heavy atom. The number of thioether (sulfide) groups is 1. The summed E-state index contributed by atoms with van der Waals surface area (Å²) in [5.74, 6) is 0. The summed E-state index contributed by atoms with van der Waals surface area (Å²) in [6.45, 7) is 5.00. The number of hydrogen-bond acceptors (Lipinski definition) is 4. The minimum atomic E-state index is 0. The molecule has 0 aromatic rings. The smallest absolute Gasteiger partial charge is 0.158 e. The van der Waals surface area contributed by atoms with E-state index in [1.165, 1.54) is 0 Å². The second kappa shape index (κ2) is 6.07. The molecular weight excluding hydrogens is 273 g/mol. The van der Waals surface area contributed by atoms with Crippen molar-refractivity contribution in [2.45, 2.75) is 6.92 Å². The van der Waals surface area contributed by atoms with Gasteiger partial charge in [-0.25, -0.2) is 4.99 Å². The average molecular weight is 287 g/mol. The van der Waals surface area contributed by atoms with Crippen molar-refractivity contribution < 1.29 is 0 Å². The molecule has 1 rings (SSSR count). The van der Waals surface area contributed by atoms with Crippen LogP contribution in [-0.4, -0.2) is 36.2 Å². The van der Waals surface area contributed by atoms with Crippen molar-refractivity contribution in [3.05, 3.63) is 0 Å². The first-order chi connectivity index (χ1) is 4.86. The monoisotopic (exact) mass is 287 g/mol. The quantitative estimate of drug-likeness (QED) is 0.734. The molecule has 0 saturated carbocycles. The van der Waals surface area contributed by atoms with Crippen LogP contribution in [-0.2, 0) is 0 Å². The summed E-state index contributed by atoms with van der Waals surface area (Å²) < 4.78 is 0. The molecule has 0 atom stereocenters. The lowest BCUT2D eigenvalue weighted by Crippen LogP contribution is -2.41. The highest BCUT2D eigenvalue weighted by Gasteiger charge is 2.07. The normalized spacial score (nSPS) is 18.2. The van der Waals surface area contributed by atoms with Gasteiger partial charge in [-0.1, -0.05) is 18.7 Å². The Morgan fingerprint density at radius 2 is 2.45 bits per heavy atom. The van der Waals surface area contributed by atoms with E-state index in [1.54, 1.807) is 11.8 Å². The van der Waals surface area contributed by atoms with E-state index in [1.807, 2.05) is 6.26 Å². The van der Waals surface area contributed by atoms with Crippen molar-refractivity contribution in [2.75, 3.05) is 26.1 Å². The van der Waals surface area contributed by atoms with Gasteiger partial charge in [-0.05, 0) is 12.8 Å². The fourth-order valence-electron chi connectivity index (χ4n) is 0.798. The number of hydrogen-bond donors (Lipinski definition) is 1. The molecule has 1 N–H and O–H groups in total. The van der Waals surface area contributed by atoms with Crippen LogP contribution < -0.4 is 5.32 Å². The van der Waals surface area contributed by atoms with E-state index < -0.39 is 0 Å². The van der Waals surface area contributed by atoms with Crippen LogP contribution in [0.2, 0.25) is 0 Å². The molecule has 0 bridgehead atoms. The van der Waals surface area contributed by atoms with E-state index in [0.29, 0.717) is 0 Å². The molecule has 0 aromatic heterocycles. The van der Waals surface area contributed by atoms with E-state index in [2.05, 4.69) is 22.1 Å². The molecular formula is C6H14IN3S. The predicted molar refractivity (Wildman–Crippen MR) is 61.6 cm³/mol. The van der Waals surface area contributed by atoms with Crippen molar-refractivity contribution in [2.24, 2.45) is 4.99 Å². The maximum atomic E-state index is 4.29. The molecule has 1 aliphatic heterocycles. The third-order valence-corrected chi connectivity index (χ3v) is 2.17. The number of nitrogens with one attached hydrogen (secondary N) is 1. The van der Waals surface area contributed by atoms with Crippen LogP contribution in [0.15, 0.2) is 4.99 Å². The number of amidine groups is 1. The molecule has 0 unspecified atom stereocenters. The van der Waals surface area contributed by atoms with Gasteiger partial charge < -0.3 is 5.32 Å². The van der Waals surface area contributed by atoms with Gasteiger partial charge in [0.05, 0.1) is 13.3 Å². The Labute approximate surface area is 89.0 Å². The zero-order chi connectivity index (χ0) is 7.40. The van der Waals surface area contributed by atoms with Crippen LogP contribution >= 0.6 is 35.7 Å². The SMILES string of the molecule is CCN1CN=C(SC)NC1.I. The first-order valence-electron chi connectivity index (χ1n) is 3.41. The second-order valence-electron chi connectivity index (χ2n) is 2.13. The zero-order valence-corrected chi connectivity index (χ0v) is 9.98. The van der Waals surface area contributed by atoms with Crippen LogP contribution in [0.5, 0.6) is 0 Å². The van der Waals surface area contributed by atoms with E-state index in [4.69, 9.17) is 0 Å². The lowest BCUT2D eigenvalue weighted by Gasteiger charge is -2.24. The van der Waals surface area contributed by atoms with Crippen LogP contribution in [0.25, 0.3) is 0 Å². The van der Waals surface area contributed by atoms with Gasteiger partial charge in [0.1, 0.15) is 0 Å². The Kier molecular flexibility index (Phi) is 6.36. The summed E-state index contributed by atoms with van der Waals surface area (Å²) in [4.78, 5) is 6.53. The van der Waals surface area contributed by atoms with Crippen molar-refractivity contribution in [3.63, 3.8) is 0 Å². The minimum Gasteiger partial charge on any atom is -0.352 e. The molecule has 0 saturated heterocycles. The Bertz CT molecular complexity index is 140. The number of nitrogens with zero attached hydrogens (tertiary/aromatic N) is 2. The Hall–Kier alpha value is 0.510. The third-order valence-electron chi connectivity index (χ3n) is 1.51. The van der Waals surface area contributed by atoms with Crippen molar-refractivity contribution >= 4 is 40.9 Å². The molecule has 0 aromatic carbocycles. The highest BCUT2D eigenvalue weighted by molar-refractivity contribution is 14.0. The molecule has 0 fully saturated rings. The van der Waals surface area contributed by atoms with E-state index in [9.17, 15) is 0 Å². The number of rotatable bonds is 1. The fourth-order valence-corrected chi connectivity index (χ4v) is 1.19. The molecule has 0 amide bonds. The molecule has 0 radical (unpaired) electrons. The standard InChI is InChI=1S/C6H13N3S.HI/c1-3-9-4-7-6(10-2)8-5-9;/h3-5H2,1-2H3,(H,7,8);1H. The van der Waals surface area contributed by atoms with Gasteiger partial charge in [-0.3, -0.25) is 4.90 Å². The van der Waals surface area contributed by atoms with Crippen molar-refractivity contribution in [3.8, 4) is 0 Å². The minimum absolute atomic E-state index is 0. The predicted octanol–water partition coefficient (Wildman–Crippen LogP) is 1.16. The van der Waals surface area contributed by atoms with Gasteiger partial charge in [0.25, 0.3) is 0 Å². The number of aliphatic imine (C=N–C) groups is 1. The van der Waals surface area contributed by atoms with Crippen molar-refractivity contribution in [1.82, 2.24) is 10.2 Å². The number of halogens is 1. The van der Waals surface area contributed by atoms with Gasteiger partial charge in [-0.15, -0.1) is 24.0 Å². The van der Waals surface area contributed by atoms with Crippen LogP contribution in [0.4, 0.5) is 0 Å². The Morgan fingerprint density at radius 1 is 1.73 bits per heavy atom. The fraction of sp³-hybridized carbons (Fsp3) is 0.833. The van der Waals surface area contributed by atoms with Gasteiger partial charge >= 0.3 is 0 Å². The summed E-state index contributed by atoms with van der Waals surface area (Å²) >= 11 is 1.67. The van der Waals surface area contributed by atoms with Gasteiger partial charge in [0.2, 0.25) is 0 Å². The summed E-state index contributed by atoms with van der Waals surface area (Å²) in [6.07, 6.45) is 2.04. The van der Waals surface area contributed by atoms with E-state index in [-0.39, 0.29) is 24.0 Å². The molecule has 66 valence electrons. The zero-order valence-electron chi connectivity index (χ0n) is 6.83. The topological polar surface area (TPSA) is 27.6 Å². The Balaban J connectivity index is 0.000001000. The van der Waals surface area contributed by atoms with Crippen LogP contribution in [0.3, 0.4) is 0 Å².